The van der Waals surface area contributed by atoms with Crippen molar-refractivity contribution >= 4 is 16.0 Å². The quantitative estimate of drug-likeness (QED) is 0.897. The fourth-order valence-electron chi connectivity index (χ4n) is 2.04. The first-order valence-corrected chi connectivity index (χ1v) is 7.47. The highest BCUT2D eigenvalue weighted by molar-refractivity contribution is 7.89. The Hall–Kier alpha value is -1.58. The molecule has 1 atom stereocenters. The Balaban J connectivity index is 2.50. The average molecular weight is 321 g/mol. The van der Waals surface area contributed by atoms with Gasteiger partial charge >= 0.3 is 5.97 Å². The lowest BCUT2D eigenvalue weighted by atomic mass is 10.2. The standard InChI is InChI=1S/C12H13F2NO5S/c1-15(8-2-3-20-6-8)21(18,19)10-5-7(12(16)17)4-9(13)11(10)14/h4-5,8H,2-3,6H2,1H3,(H,16,17). The number of benzene rings is 1. The zero-order valence-corrected chi connectivity index (χ0v) is 11.9. The number of rotatable bonds is 4. The minimum Gasteiger partial charge on any atom is -0.478 e. The van der Waals surface area contributed by atoms with Crippen molar-refractivity contribution in [3.05, 3.63) is 29.3 Å². The van der Waals surface area contributed by atoms with Crippen LogP contribution in [0.1, 0.15) is 16.8 Å². The number of carboxylic acid groups (broad SMARTS) is 1. The van der Waals surface area contributed by atoms with Gasteiger partial charge in [-0.2, -0.15) is 4.31 Å². The van der Waals surface area contributed by atoms with Crippen LogP contribution in [0.25, 0.3) is 0 Å². The summed E-state index contributed by atoms with van der Waals surface area (Å²) in [5.41, 5.74) is -0.636. The molecule has 0 aliphatic carbocycles. The average Bonchev–Trinajstić information content (AvgIpc) is 2.94. The zero-order valence-electron chi connectivity index (χ0n) is 11.0. The van der Waals surface area contributed by atoms with E-state index in [4.69, 9.17) is 9.84 Å². The van der Waals surface area contributed by atoms with Gasteiger partial charge in [0.2, 0.25) is 10.0 Å². The van der Waals surface area contributed by atoms with Crippen molar-refractivity contribution in [3.8, 4) is 0 Å². The van der Waals surface area contributed by atoms with Gasteiger partial charge in [0.05, 0.1) is 18.2 Å². The Morgan fingerprint density at radius 3 is 2.62 bits per heavy atom. The number of hydrogen-bond donors (Lipinski definition) is 1. The van der Waals surface area contributed by atoms with Crippen LogP contribution in [0.5, 0.6) is 0 Å². The van der Waals surface area contributed by atoms with Crippen molar-refractivity contribution in [1.82, 2.24) is 4.31 Å². The summed E-state index contributed by atoms with van der Waals surface area (Å²) in [5, 5.41) is 8.82. The van der Waals surface area contributed by atoms with E-state index in [2.05, 4.69) is 0 Å². The molecule has 0 radical (unpaired) electrons. The van der Waals surface area contributed by atoms with Gasteiger partial charge in [0.1, 0.15) is 4.90 Å². The second-order valence-electron chi connectivity index (χ2n) is 4.61. The molecule has 0 bridgehead atoms. The van der Waals surface area contributed by atoms with E-state index in [1.165, 1.54) is 7.05 Å². The third kappa shape index (κ3) is 2.89. The summed E-state index contributed by atoms with van der Waals surface area (Å²) in [6.45, 7) is 0.523. The first-order chi connectivity index (χ1) is 9.75. The van der Waals surface area contributed by atoms with Crippen LogP contribution in [0.4, 0.5) is 8.78 Å². The van der Waals surface area contributed by atoms with Crippen LogP contribution < -0.4 is 0 Å². The molecule has 0 saturated carbocycles. The molecular weight excluding hydrogens is 308 g/mol. The zero-order chi connectivity index (χ0) is 15.8. The number of halogens is 2. The topological polar surface area (TPSA) is 83.9 Å². The van der Waals surface area contributed by atoms with E-state index in [0.29, 0.717) is 25.2 Å². The molecule has 116 valence electrons. The highest BCUT2D eigenvalue weighted by Crippen LogP contribution is 2.25. The third-order valence-corrected chi connectivity index (χ3v) is 5.23. The Morgan fingerprint density at radius 2 is 2.10 bits per heavy atom. The van der Waals surface area contributed by atoms with Gasteiger partial charge < -0.3 is 9.84 Å². The van der Waals surface area contributed by atoms with Crippen molar-refractivity contribution in [3.63, 3.8) is 0 Å². The van der Waals surface area contributed by atoms with E-state index in [9.17, 15) is 22.0 Å². The number of likely N-dealkylation sites (N-methyl/N-ethyl adjacent to an activating group) is 1. The van der Waals surface area contributed by atoms with Gasteiger partial charge in [-0.05, 0) is 18.6 Å². The molecule has 21 heavy (non-hydrogen) atoms. The van der Waals surface area contributed by atoms with Gasteiger partial charge in [0, 0.05) is 13.7 Å². The molecule has 1 N–H and O–H groups in total. The number of carboxylic acids is 1. The SMILES string of the molecule is CN(C1CCOC1)S(=O)(=O)c1cc(C(=O)O)cc(F)c1F. The van der Waals surface area contributed by atoms with E-state index in [1.807, 2.05) is 0 Å². The molecule has 1 aromatic carbocycles. The van der Waals surface area contributed by atoms with Crippen molar-refractivity contribution < 1.29 is 31.8 Å². The van der Waals surface area contributed by atoms with Gasteiger partial charge in [0.25, 0.3) is 0 Å². The summed E-state index contributed by atoms with van der Waals surface area (Å²) in [7, 11) is -3.13. The second-order valence-corrected chi connectivity index (χ2v) is 6.58. The number of carbonyl (C=O) groups is 1. The van der Waals surface area contributed by atoms with Gasteiger partial charge in [0.15, 0.2) is 11.6 Å². The Bertz CT molecular complexity index is 670. The smallest absolute Gasteiger partial charge is 0.335 e. The summed E-state index contributed by atoms with van der Waals surface area (Å²) >= 11 is 0. The first kappa shape index (κ1) is 15.8. The minimum atomic E-state index is -4.36. The molecule has 1 heterocycles. The summed E-state index contributed by atoms with van der Waals surface area (Å²) in [5.74, 6) is -4.66. The van der Waals surface area contributed by atoms with Gasteiger partial charge in [-0.3, -0.25) is 0 Å². The van der Waals surface area contributed by atoms with Gasteiger partial charge in [-0.15, -0.1) is 0 Å². The molecule has 6 nitrogen and oxygen atoms in total. The van der Waals surface area contributed by atoms with Crippen LogP contribution >= 0.6 is 0 Å². The van der Waals surface area contributed by atoms with E-state index < -0.39 is 44.1 Å². The second kappa shape index (κ2) is 5.66. The maximum atomic E-state index is 13.8. The summed E-state index contributed by atoms with van der Waals surface area (Å²) in [6, 6.07) is 0.559. The maximum Gasteiger partial charge on any atom is 0.335 e. The van der Waals surface area contributed by atoms with Crippen LogP contribution in [-0.4, -0.2) is 50.1 Å². The number of aromatic carboxylic acids is 1. The van der Waals surface area contributed by atoms with Crippen molar-refractivity contribution in [2.75, 3.05) is 20.3 Å². The fourth-order valence-corrected chi connectivity index (χ4v) is 3.50. The molecule has 1 fully saturated rings. The number of hydrogen-bond acceptors (Lipinski definition) is 4. The predicted molar refractivity (Wildman–Crippen MR) is 67.5 cm³/mol. The molecule has 1 aliphatic heterocycles. The molecule has 1 saturated heterocycles. The molecule has 0 spiro atoms. The lowest BCUT2D eigenvalue weighted by Gasteiger charge is -2.23. The van der Waals surface area contributed by atoms with Crippen LogP contribution in [-0.2, 0) is 14.8 Å². The lowest BCUT2D eigenvalue weighted by molar-refractivity contribution is 0.0696. The monoisotopic (exact) mass is 321 g/mol. The lowest BCUT2D eigenvalue weighted by Crippen LogP contribution is -2.37. The van der Waals surface area contributed by atoms with Gasteiger partial charge in [-0.1, -0.05) is 0 Å². The van der Waals surface area contributed by atoms with Crippen LogP contribution in [0, 0.1) is 11.6 Å². The first-order valence-electron chi connectivity index (χ1n) is 6.03. The van der Waals surface area contributed by atoms with Crippen LogP contribution in [0.15, 0.2) is 17.0 Å². The van der Waals surface area contributed by atoms with E-state index in [0.717, 1.165) is 4.31 Å². The molecule has 1 aromatic rings. The molecule has 9 heteroatoms. The summed E-state index contributed by atoms with van der Waals surface area (Å²) in [6.07, 6.45) is 0.429. The maximum absolute atomic E-state index is 13.8. The normalized spacial score (nSPS) is 19.1. The molecule has 2 rings (SSSR count). The predicted octanol–water partition coefficient (Wildman–Crippen LogP) is 1.07. The van der Waals surface area contributed by atoms with Crippen LogP contribution in [0.3, 0.4) is 0 Å². The van der Waals surface area contributed by atoms with Crippen LogP contribution in [0.2, 0.25) is 0 Å². The Labute approximate surface area is 120 Å². The van der Waals surface area contributed by atoms with E-state index in [1.54, 1.807) is 0 Å². The Kier molecular flexibility index (Phi) is 4.26. The van der Waals surface area contributed by atoms with E-state index >= 15 is 0 Å². The summed E-state index contributed by atoms with van der Waals surface area (Å²) < 4.78 is 57.8. The number of nitrogens with zero attached hydrogens (tertiary/aromatic N) is 1. The van der Waals surface area contributed by atoms with Crippen molar-refractivity contribution in [2.24, 2.45) is 0 Å². The van der Waals surface area contributed by atoms with Crippen molar-refractivity contribution in [1.29, 1.82) is 0 Å². The molecular formula is C12H13F2NO5S. The number of sulfonamides is 1. The molecule has 1 aliphatic rings. The molecule has 0 amide bonds. The fraction of sp³-hybridized carbons (Fsp3) is 0.417. The molecule has 0 aromatic heterocycles. The van der Waals surface area contributed by atoms with E-state index in [-0.39, 0.29) is 6.61 Å². The Morgan fingerprint density at radius 1 is 1.43 bits per heavy atom. The van der Waals surface area contributed by atoms with Gasteiger partial charge in [-0.25, -0.2) is 22.0 Å². The number of ether oxygens (including phenoxy) is 1. The van der Waals surface area contributed by atoms with Crippen molar-refractivity contribution in [2.45, 2.75) is 17.4 Å². The minimum absolute atomic E-state index is 0.151. The highest BCUT2D eigenvalue weighted by Gasteiger charge is 2.34. The highest BCUT2D eigenvalue weighted by atomic mass is 32.2. The molecule has 1 unspecified atom stereocenters. The summed E-state index contributed by atoms with van der Waals surface area (Å²) in [4.78, 5) is 9.86. The largest absolute Gasteiger partial charge is 0.478 e. The third-order valence-electron chi connectivity index (χ3n) is 3.32.